The van der Waals surface area contributed by atoms with E-state index in [1.807, 2.05) is 56.3 Å². The van der Waals surface area contributed by atoms with Crippen molar-refractivity contribution >= 4 is 28.3 Å². The lowest BCUT2D eigenvalue weighted by Gasteiger charge is -2.21. The summed E-state index contributed by atoms with van der Waals surface area (Å²) in [4.78, 5) is 27.3. The largest absolute Gasteiger partial charge is 0.480 e. The second kappa shape index (κ2) is 9.24. The Morgan fingerprint density at radius 3 is 2.34 bits per heavy atom. The Morgan fingerprint density at radius 2 is 1.59 bits per heavy atom. The summed E-state index contributed by atoms with van der Waals surface area (Å²) in [5.74, 6) is 0.240. The summed E-state index contributed by atoms with van der Waals surface area (Å²) in [7, 11) is 0. The van der Waals surface area contributed by atoms with E-state index in [0.29, 0.717) is 30.1 Å². The van der Waals surface area contributed by atoms with Crippen LogP contribution >= 0.6 is 0 Å². The van der Waals surface area contributed by atoms with E-state index in [1.54, 1.807) is 36.1 Å². The highest BCUT2D eigenvalue weighted by Crippen LogP contribution is 2.26. The van der Waals surface area contributed by atoms with Crippen LogP contribution in [-0.2, 0) is 4.79 Å². The van der Waals surface area contributed by atoms with Crippen LogP contribution in [0.15, 0.2) is 66.7 Å². The molecule has 3 aromatic carbocycles. The van der Waals surface area contributed by atoms with E-state index in [0.717, 1.165) is 10.8 Å². The van der Waals surface area contributed by atoms with Gasteiger partial charge in [-0.2, -0.15) is 0 Å². The highest BCUT2D eigenvalue weighted by molar-refractivity contribution is 6.04. The van der Waals surface area contributed by atoms with Crippen LogP contribution in [0.25, 0.3) is 10.8 Å². The standard InChI is InChI=1S/C24H26N2O3/c1-4-26(5-2)24(28)20-14-8-9-15-21(20)25-23(27)17(3)29-22-16-10-12-18-11-6-7-13-19(18)22/h6-17H,4-5H2,1-3H3,(H,25,27)/t17-/m0/s1. The summed E-state index contributed by atoms with van der Waals surface area (Å²) in [6.45, 7) is 6.79. The van der Waals surface area contributed by atoms with Gasteiger partial charge in [-0.3, -0.25) is 9.59 Å². The summed E-state index contributed by atoms with van der Waals surface area (Å²) in [6.07, 6.45) is -0.725. The van der Waals surface area contributed by atoms with Crippen molar-refractivity contribution in [2.24, 2.45) is 0 Å². The summed E-state index contributed by atoms with van der Waals surface area (Å²) in [5.41, 5.74) is 0.963. The highest BCUT2D eigenvalue weighted by Gasteiger charge is 2.21. The van der Waals surface area contributed by atoms with E-state index in [2.05, 4.69) is 5.32 Å². The van der Waals surface area contributed by atoms with E-state index in [9.17, 15) is 9.59 Å². The molecule has 1 atom stereocenters. The van der Waals surface area contributed by atoms with Crippen molar-refractivity contribution in [1.82, 2.24) is 4.90 Å². The van der Waals surface area contributed by atoms with E-state index in [4.69, 9.17) is 4.74 Å². The minimum absolute atomic E-state index is 0.103. The number of anilines is 1. The number of carbonyl (C=O) groups excluding carboxylic acids is 2. The third kappa shape index (κ3) is 4.57. The Bertz CT molecular complexity index is 1010. The quantitative estimate of drug-likeness (QED) is 0.635. The van der Waals surface area contributed by atoms with Crippen LogP contribution < -0.4 is 10.1 Å². The molecule has 3 aromatic rings. The minimum atomic E-state index is -0.725. The second-order valence-electron chi connectivity index (χ2n) is 6.75. The van der Waals surface area contributed by atoms with Crippen molar-refractivity contribution < 1.29 is 14.3 Å². The monoisotopic (exact) mass is 390 g/mol. The molecule has 3 rings (SSSR count). The van der Waals surface area contributed by atoms with Crippen LogP contribution in [0.5, 0.6) is 5.75 Å². The molecule has 5 nitrogen and oxygen atoms in total. The van der Waals surface area contributed by atoms with E-state index in [-0.39, 0.29) is 11.8 Å². The molecule has 0 aliphatic rings. The number of nitrogens with one attached hydrogen (secondary N) is 1. The number of hydrogen-bond donors (Lipinski definition) is 1. The number of nitrogens with zero attached hydrogens (tertiary/aromatic N) is 1. The molecule has 0 radical (unpaired) electrons. The Kier molecular flexibility index (Phi) is 6.50. The van der Waals surface area contributed by atoms with E-state index in [1.165, 1.54) is 0 Å². The zero-order valence-electron chi connectivity index (χ0n) is 17.0. The average molecular weight is 390 g/mol. The second-order valence-corrected chi connectivity index (χ2v) is 6.75. The van der Waals surface area contributed by atoms with Gasteiger partial charge >= 0.3 is 0 Å². The molecule has 2 amide bonds. The molecule has 0 aliphatic heterocycles. The third-order valence-corrected chi connectivity index (χ3v) is 4.89. The highest BCUT2D eigenvalue weighted by atomic mass is 16.5. The maximum atomic E-state index is 12.8. The Hall–Kier alpha value is -3.34. The number of benzene rings is 3. The molecule has 0 heterocycles. The number of ether oxygens (including phenoxy) is 1. The number of rotatable bonds is 7. The van der Waals surface area contributed by atoms with Gasteiger partial charge in [-0.1, -0.05) is 48.5 Å². The predicted molar refractivity (Wildman–Crippen MR) is 116 cm³/mol. The van der Waals surface area contributed by atoms with Gasteiger partial charge in [0.25, 0.3) is 11.8 Å². The van der Waals surface area contributed by atoms with Crippen molar-refractivity contribution in [3.05, 3.63) is 72.3 Å². The van der Waals surface area contributed by atoms with E-state index >= 15 is 0 Å². The maximum absolute atomic E-state index is 12.8. The van der Waals surface area contributed by atoms with Gasteiger partial charge in [-0.25, -0.2) is 0 Å². The molecular formula is C24H26N2O3. The molecule has 0 bridgehead atoms. The molecule has 0 saturated heterocycles. The van der Waals surface area contributed by atoms with E-state index < -0.39 is 6.10 Å². The van der Waals surface area contributed by atoms with Gasteiger partial charge in [0.1, 0.15) is 5.75 Å². The van der Waals surface area contributed by atoms with Crippen molar-refractivity contribution in [3.8, 4) is 5.75 Å². The Balaban J connectivity index is 1.77. The molecular weight excluding hydrogens is 364 g/mol. The fourth-order valence-corrected chi connectivity index (χ4v) is 3.24. The first kappa shape index (κ1) is 20.4. The Labute approximate surface area is 171 Å². The van der Waals surface area contributed by atoms with Gasteiger partial charge in [0, 0.05) is 18.5 Å². The van der Waals surface area contributed by atoms with Crippen molar-refractivity contribution in [2.75, 3.05) is 18.4 Å². The smallest absolute Gasteiger partial charge is 0.265 e. The molecule has 5 heteroatoms. The molecule has 0 spiro atoms. The van der Waals surface area contributed by atoms with Gasteiger partial charge in [0.15, 0.2) is 6.10 Å². The summed E-state index contributed by atoms with van der Waals surface area (Å²) in [5, 5.41) is 4.85. The topological polar surface area (TPSA) is 58.6 Å². The maximum Gasteiger partial charge on any atom is 0.265 e. The lowest BCUT2D eigenvalue weighted by Crippen LogP contribution is -2.33. The summed E-state index contributed by atoms with van der Waals surface area (Å²) >= 11 is 0. The minimum Gasteiger partial charge on any atom is -0.480 e. The fourth-order valence-electron chi connectivity index (χ4n) is 3.24. The van der Waals surface area contributed by atoms with Crippen LogP contribution in [0.3, 0.4) is 0 Å². The predicted octanol–water partition coefficient (Wildman–Crippen LogP) is 4.73. The normalized spacial score (nSPS) is 11.7. The third-order valence-electron chi connectivity index (χ3n) is 4.89. The molecule has 0 unspecified atom stereocenters. The molecule has 1 N–H and O–H groups in total. The fraction of sp³-hybridized carbons (Fsp3) is 0.250. The lowest BCUT2D eigenvalue weighted by atomic mass is 10.1. The van der Waals surface area contributed by atoms with Crippen LogP contribution in [0.2, 0.25) is 0 Å². The van der Waals surface area contributed by atoms with Crippen molar-refractivity contribution in [1.29, 1.82) is 0 Å². The number of hydrogen-bond acceptors (Lipinski definition) is 3. The zero-order chi connectivity index (χ0) is 20.8. The number of para-hydroxylation sites is 1. The zero-order valence-corrected chi connectivity index (χ0v) is 17.0. The first-order valence-corrected chi connectivity index (χ1v) is 9.88. The number of carbonyl (C=O) groups is 2. The molecule has 0 fully saturated rings. The van der Waals surface area contributed by atoms with Crippen molar-refractivity contribution in [3.63, 3.8) is 0 Å². The average Bonchev–Trinajstić information content (AvgIpc) is 2.75. The molecule has 150 valence electrons. The molecule has 29 heavy (non-hydrogen) atoms. The first-order chi connectivity index (χ1) is 14.0. The van der Waals surface area contributed by atoms with Crippen molar-refractivity contribution in [2.45, 2.75) is 26.9 Å². The summed E-state index contributed by atoms with van der Waals surface area (Å²) in [6, 6.07) is 20.7. The SMILES string of the molecule is CCN(CC)C(=O)c1ccccc1NC(=O)[C@H](C)Oc1cccc2ccccc12. The lowest BCUT2D eigenvalue weighted by molar-refractivity contribution is -0.122. The van der Waals surface area contributed by atoms with Gasteiger partial charge in [0.2, 0.25) is 0 Å². The summed E-state index contributed by atoms with van der Waals surface area (Å²) < 4.78 is 5.94. The van der Waals surface area contributed by atoms with Gasteiger partial charge in [-0.05, 0) is 44.4 Å². The van der Waals surface area contributed by atoms with Crippen LogP contribution in [0, 0.1) is 0 Å². The first-order valence-electron chi connectivity index (χ1n) is 9.88. The van der Waals surface area contributed by atoms with Crippen LogP contribution in [0.4, 0.5) is 5.69 Å². The number of amides is 2. The van der Waals surface area contributed by atoms with Gasteiger partial charge in [-0.15, -0.1) is 0 Å². The van der Waals surface area contributed by atoms with Crippen LogP contribution in [-0.4, -0.2) is 35.9 Å². The Morgan fingerprint density at radius 1 is 0.931 bits per heavy atom. The number of fused-ring (bicyclic) bond motifs is 1. The molecule has 0 aromatic heterocycles. The molecule has 0 saturated carbocycles. The molecule has 0 aliphatic carbocycles. The van der Waals surface area contributed by atoms with Gasteiger partial charge in [0.05, 0.1) is 11.3 Å². The van der Waals surface area contributed by atoms with Gasteiger partial charge < -0.3 is 15.0 Å². The van der Waals surface area contributed by atoms with Crippen LogP contribution in [0.1, 0.15) is 31.1 Å².